The standard InChI is InChI=1S/C19H26/c1-2-3-7-18-14-19(18)17-12-10-16(11-13-17)15-8-5-4-6-9-15/h4-6,8-9,12,16,18-19H,2-3,7,10-11,13-14H2,1H3/t16?,18-,19+/m0/s1. The Morgan fingerprint density at radius 2 is 2.00 bits per heavy atom. The van der Waals surface area contributed by atoms with Crippen molar-refractivity contribution in [3.8, 4) is 0 Å². The average molecular weight is 254 g/mol. The van der Waals surface area contributed by atoms with E-state index < -0.39 is 0 Å². The molecule has 1 fully saturated rings. The van der Waals surface area contributed by atoms with Crippen molar-refractivity contribution in [1.82, 2.24) is 0 Å². The second-order valence-electron chi connectivity index (χ2n) is 6.41. The SMILES string of the molecule is CCCC[C@H]1C[C@@H]1C1=CCC(c2ccccc2)CC1. The molecule has 0 aliphatic heterocycles. The molecular weight excluding hydrogens is 228 g/mol. The Kier molecular flexibility index (Phi) is 4.06. The van der Waals surface area contributed by atoms with Crippen LogP contribution in [0.15, 0.2) is 42.0 Å². The molecule has 1 aromatic carbocycles. The predicted molar refractivity (Wildman–Crippen MR) is 82.2 cm³/mol. The maximum Gasteiger partial charge on any atom is -0.0124 e. The molecule has 0 saturated heterocycles. The van der Waals surface area contributed by atoms with Gasteiger partial charge in [-0.15, -0.1) is 0 Å². The van der Waals surface area contributed by atoms with E-state index in [1.165, 1.54) is 50.5 Å². The fourth-order valence-corrected chi connectivity index (χ4v) is 3.71. The number of hydrogen-bond donors (Lipinski definition) is 0. The summed E-state index contributed by atoms with van der Waals surface area (Å²) in [6.45, 7) is 2.31. The summed E-state index contributed by atoms with van der Waals surface area (Å²) in [5.74, 6) is 2.79. The van der Waals surface area contributed by atoms with Crippen molar-refractivity contribution in [2.45, 2.75) is 57.8 Å². The molecule has 0 radical (unpaired) electrons. The monoisotopic (exact) mass is 254 g/mol. The predicted octanol–water partition coefficient (Wildman–Crippen LogP) is 5.71. The highest BCUT2D eigenvalue weighted by Crippen LogP contribution is 2.50. The van der Waals surface area contributed by atoms with Crippen LogP contribution >= 0.6 is 0 Å². The lowest BCUT2D eigenvalue weighted by molar-refractivity contribution is 0.560. The molecule has 0 spiro atoms. The summed E-state index contributed by atoms with van der Waals surface area (Å²) in [5, 5.41) is 0. The quantitative estimate of drug-likeness (QED) is 0.591. The Hall–Kier alpha value is -1.04. The Morgan fingerprint density at radius 3 is 2.68 bits per heavy atom. The first kappa shape index (κ1) is 13.0. The Labute approximate surface area is 117 Å². The number of rotatable bonds is 5. The zero-order chi connectivity index (χ0) is 13.1. The molecule has 0 amide bonds. The molecule has 19 heavy (non-hydrogen) atoms. The van der Waals surface area contributed by atoms with Crippen LogP contribution in [-0.2, 0) is 0 Å². The van der Waals surface area contributed by atoms with Crippen molar-refractivity contribution in [3.63, 3.8) is 0 Å². The number of allylic oxidation sites excluding steroid dienone is 2. The lowest BCUT2D eigenvalue weighted by Gasteiger charge is -2.22. The third kappa shape index (κ3) is 3.11. The van der Waals surface area contributed by atoms with Gasteiger partial charge in [0.15, 0.2) is 0 Å². The second-order valence-corrected chi connectivity index (χ2v) is 6.41. The third-order valence-electron chi connectivity index (χ3n) is 5.04. The lowest BCUT2D eigenvalue weighted by Crippen LogP contribution is -2.05. The molecule has 102 valence electrons. The van der Waals surface area contributed by atoms with Crippen LogP contribution < -0.4 is 0 Å². The van der Waals surface area contributed by atoms with Gasteiger partial charge in [-0.2, -0.15) is 0 Å². The molecule has 0 heterocycles. The van der Waals surface area contributed by atoms with E-state index in [4.69, 9.17) is 0 Å². The first-order valence-electron chi connectivity index (χ1n) is 8.12. The van der Waals surface area contributed by atoms with Gasteiger partial charge in [-0.3, -0.25) is 0 Å². The van der Waals surface area contributed by atoms with Crippen LogP contribution in [0.2, 0.25) is 0 Å². The number of benzene rings is 1. The Bertz CT molecular complexity index is 429. The molecule has 0 heteroatoms. The number of unbranched alkanes of at least 4 members (excludes halogenated alkanes) is 1. The van der Waals surface area contributed by atoms with Crippen LogP contribution in [0.5, 0.6) is 0 Å². The van der Waals surface area contributed by atoms with Gasteiger partial charge in [0, 0.05) is 0 Å². The average Bonchev–Trinajstić information content (AvgIpc) is 3.26. The van der Waals surface area contributed by atoms with Crippen molar-refractivity contribution >= 4 is 0 Å². The van der Waals surface area contributed by atoms with Crippen molar-refractivity contribution in [1.29, 1.82) is 0 Å². The van der Waals surface area contributed by atoms with E-state index in [0.29, 0.717) is 0 Å². The maximum atomic E-state index is 2.58. The highest BCUT2D eigenvalue weighted by molar-refractivity contribution is 5.25. The largest absolute Gasteiger partial charge is 0.0844 e. The van der Waals surface area contributed by atoms with Gasteiger partial charge in [0.2, 0.25) is 0 Å². The molecule has 0 nitrogen and oxygen atoms in total. The molecule has 0 N–H and O–H groups in total. The molecule has 3 atom stereocenters. The molecule has 0 aromatic heterocycles. The molecule has 1 saturated carbocycles. The Morgan fingerprint density at radius 1 is 1.16 bits per heavy atom. The topological polar surface area (TPSA) is 0 Å². The fourth-order valence-electron chi connectivity index (χ4n) is 3.71. The lowest BCUT2D eigenvalue weighted by atomic mass is 9.83. The molecule has 1 unspecified atom stereocenters. The van der Waals surface area contributed by atoms with Crippen molar-refractivity contribution < 1.29 is 0 Å². The summed E-state index contributed by atoms with van der Waals surface area (Å²) in [6, 6.07) is 11.1. The van der Waals surface area contributed by atoms with Gasteiger partial charge >= 0.3 is 0 Å². The minimum Gasteiger partial charge on any atom is -0.0844 e. The van der Waals surface area contributed by atoms with Crippen LogP contribution in [0.3, 0.4) is 0 Å². The van der Waals surface area contributed by atoms with E-state index in [9.17, 15) is 0 Å². The van der Waals surface area contributed by atoms with Gasteiger partial charge in [0.1, 0.15) is 0 Å². The van der Waals surface area contributed by atoms with Gasteiger partial charge in [-0.05, 0) is 55.4 Å². The molecule has 2 aliphatic carbocycles. The minimum absolute atomic E-state index is 0.776. The molecule has 2 aliphatic rings. The van der Waals surface area contributed by atoms with E-state index >= 15 is 0 Å². The zero-order valence-corrected chi connectivity index (χ0v) is 12.1. The first-order valence-corrected chi connectivity index (χ1v) is 8.12. The molecule has 3 rings (SSSR count). The molecule has 0 bridgehead atoms. The fraction of sp³-hybridized carbons (Fsp3) is 0.579. The smallest absolute Gasteiger partial charge is 0.0124 e. The van der Waals surface area contributed by atoms with Crippen molar-refractivity contribution in [2.75, 3.05) is 0 Å². The van der Waals surface area contributed by atoms with Crippen LogP contribution in [0, 0.1) is 11.8 Å². The second kappa shape index (κ2) is 5.94. The zero-order valence-electron chi connectivity index (χ0n) is 12.1. The van der Waals surface area contributed by atoms with E-state index in [-0.39, 0.29) is 0 Å². The summed E-state index contributed by atoms with van der Waals surface area (Å²) in [5.41, 5.74) is 3.34. The van der Waals surface area contributed by atoms with E-state index in [1.807, 2.05) is 0 Å². The maximum absolute atomic E-state index is 2.58. The number of hydrogen-bond acceptors (Lipinski definition) is 0. The van der Waals surface area contributed by atoms with Gasteiger partial charge in [-0.25, -0.2) is 0 Å². The highest BCUT2D eigenvalue weighted by Gasteiger charge is 2.39. The van der Waals surface area contributed by atoms with E-state index in [2.05, 4.69) is 43.3 Å². The first-order chi connectivity index (χ1) is 9.38. The molecular formula is C19H26. The van der Waals surface area contributed by atoms with E-state index in [0.717, 1.165) is 17.8 Å². The summed E-state index contributed by atoms with van der Waals surface area (Å²) in [4.78, 5) is 0. The van der Waals surface area contributed by atoms with Crippen LogP contribution in [0.25, 0.3) is 0 Å². The summed E-state index contributed by atoms with van der Waals surface area (Å²) in [7, 11) is 0. The molecule has 1 aromatic rings. The van der Waals surface area contributed by atoms with Crippen LogP contribution in [0.4, 0.5) is 0 Å². The van der Waals surface area contributed by atoms with Crippen LogP contribution in [-0.4, -0.2) is 0 Å². The van der Waals surface area contributed by atoms with Crippen molar-refractivity contribution in [2.24, 2.45) is 11.8 Å². The van der Waals surface area contributed by atoms with Gasteiger partial charge in [-0.1, -0.05) is 61.7 Å². The summed E-state index contributed by atoms with van der Waals surface area (Å²) >= 11 is 0. The summed E-state index contributed by atoms with van der Waals surface area (Å²) < 4.78 is 0. The van der Waals surface area contributed by atoms with E-state index in [1.54, 1.807) is 5.57 Å². The van der Waals surface area contributed by atoms with Gasteiger partial charge in [0.05, 0.1) is 0 Å². The van der Waals surface area contributed by atoms with Gasteiger partial charge < -0.3 is 0 Å². The third-order valence-corrected chi connectivity index (χ3v) is 5.04. The normalized spacial score (nSPS) is 29.9. The van der Waals surface area contributed by atoms with Crippen molar-refractivity contribution in [3.05, 3.63) is 47.5 Å². The summed E-state index contributed by atoms with van der Waals surface area (Å²) in [6.07, 6.45) is 12.3. The minimum atomic E-state index is 0.776. The van der Waals surface area contributed by atoms with Gasteiger partial charge in [0.25, 0.3) is 0 Å². The Balaban J connectivity index is 1.54. The highest BCUT2D eigenvalue weighted by atomic mass is 14.4. The van der Waals surface area contributed by atoms with Crippen LogP contribution in [0.1, 0.15) is 63.4 Å².